The quantitative estimate of drug-likeness (QED) is 0.802. The van der Waals surface area contributed by atoms with Crippen molar-refractivity contribution in [3.63, 3.8) is 0 Å². The van der Waals surface area contributed by atoms with Crippen molar-refractivity contribution in [1.29, 1.82) is 0 Å². The van der Waals surface area contributed by atoms with Gasteiger partial charge in [-0.15, -0.1) is 0 Å². The van der Waals surface area contributed by atoms with E-state index in [9.17, 15) is 5.11 Å². The van der Waals surface area contributed by atoms with Crippen molar-refractivity contribution in [3.05, 3.63) is 29.8 Å². The van der Waals surface area contributed by atoms with Crippen molar-refractivity contribution in [2.24, 2.45) is 0 Å². The molecule has 0 heterocycles. The molecule has 0 radical (unpaired) electrons. The highest BCUT2D eigenvalue weighted by Crippen LogP contribution is 2.38. The van der Waals surface area contributed by atoms with Crippen LogP contribution in [0.15, 0.2) is 24.3 Å². The Bertz CT molecular complexity index is 323. The molecule has 0 spiro atoms. The summed E-state index contributed by atoms with van der Waals surface area (Å²) in [5.41, 5.74) is 1.70. The molecule has 2 rings (SSSR count). The van der Waals surface area contributed by atoms with Crippen molar-refractivity contribution in [1.82, 2.24) is 0 Å². The zero-order chi connectivity index (χ0) is 10.9. The number of benzene rings is 1. The van der Waals surface area contributed by atoms with Crippen molar-refractivity contribution >= 4 is 5.69 Å². The van der Waals surface area contributed by atoms with Gasteiger partial charge in [-0.25, -0.2) is 0 Å². The van der Waals surface area contributed by atoms with Gasteiger partial charge in [-0.05, 0) is 30.5 Å². The summed E-state index contributed by atoms with van der Waals surface area (Å²) in [6, 6.07) is 8.26. The van der Waals surface area contributed by atoms with Crippen molar-refractivity contribution in [2.75, 3.05) is 19.0 Å². The summed E-state index contributed by atoms with van der Waals surface area (Å²) in [6.07, 6.45) is 4.11. The first kappa shape index (κ1) is 10.5. The van der Waals surface area contributed by atoms with Crippen molar-refractivity contribution in [3.8, 4) is 0 Å². The summed E-state index contributed by atoms with van der Waals surface area (Å²) in [7, 11) is 4.05. The van der Waals surface area contributed by atoms with Crippen LogP contribution < -0.4 is 4.90 Å². The van der Waals surface area contributed by atoms with Gasteiger partial charge in [0.15, 0.2) is 0 Å². The van der Waals surface area contributed by atoms with E-state index in [-0.39, 0.29) is 0 Å². The van der Waals surface area contributed by atoms with Gasteiger partial charge in [0, 0.05) is 19.8 Å². The number of nitrogens with zero attached hydrogens (tertiary/aromatic N) is 1. The minimum atomic E-state index is -0.551. The molecular weight excluding hydrogens is 186 g/mol. The highest BCUT2D eigenvalue weighted by Gasteiger charge is 2.32. The van der Waals surface area contributed by atoms with E-state index in [0.717, 1.165) is 31.2 Å². The zero-order valence-corrected chi connectivity index (χ0v) is 9.53. The lowest BCUT2D eigenvalue weighted by atomic mass is 9.92. The Morgan fingerprint density at radius 1 is 1.07 bits per heavy atom. The topological polar surface area (TPSA) is 23.5 Å². The second-order valence-electron chi connectivity index (χ2n) is 4.68. The Hall–Kier alpha value is -1.02. The first-order valence-electron chi connectivity index (χ1n) is 5.62. The van der Waals surface area contributed by atoms with Crippen LogP contribution in [-0.2, 0) is 5.60 Å². The van der Waals surface area contributed by atoms with Crippen molar-refractivity contribution in [2.45, 2.75) is 31.3 Å². The van der Waals surface area contributed by atoms with Crippen LogP contribution in [0, 0.1) is 0 Å². The maximum Gasteiger partial charge on any atom is 0.0896 e. The van der Waals surface area contributed by atoms with Crippen LogP contribution in [-0.4, -0.2) is 19.2 Å². The Kier molecular flexibility index (Phi) is 2.70. The fraction of sp³-hybridized carbons (Fsp3) is 0.538. The molecule has 0 aliphatic heterocycles. The normalized spacial score (nSPS) is 19.1. The molecule has 1 saturated carbocycles. The zero-order valence-electron chi connectivity index (χ0n) is 9.53. The third-order valence-electron chi connectivity index (χ3n) is 3.35. The van der Waals surface area contributed by atoms with Gasteiger partial charge in [-0.2, -0.15) is 0 Å². The Morgan fingerprint density at radius 3 is 2.07 bits per heavy atom. The molecule has 15 heavy (non-hydrogen) atoms. The van der Waals surface area contributed by atoms with Gasteiger partial charge in [0.2, 0.25) is 0 Å². The number of rotatable bonds is 2. The Balaban J connectivity index is 2.23. The second-order valence-corrected chi connectivity index (χ2v) is 4.68. The molecule has 1 fully saturated rings. The fourth-order valence-corrected chi connectivity index (χ4v) is 2.32. The molecule has 1 aliphatic carbocycles. The van der Waals surface area contributed by atoms with Gasteiger partial charge < -0.3 is 10.0 Å². The predicted molar refractivity (Wildman–Crippen MR) is 63.1 cm³/mol. The monoisotopic (exact) mass is 205 g/mol. The summed E-state index contributed by atoms with van der Waals surface area (Å²) in [5.74, 6) is 0. The van der Waals surface area contributed by atoms with Crippen LogP contribution in [0.1, 0.15) is 31.2 Å². The minimum absolute atomic E-state index is 0.551. The molecule has 1 aromatic carbocycles. The molecule has 0 aromatic heterocycles. The number of hydrogen-bond acceptors (Lipinski definition) is 2. The van der Waals surface area contributed by atoms with Crippen LogP contribution in [0.4, 0.5) is 5.69 Å². The standard InChI is InChI=1S/C13H19NO/c1-14(2)12-7-5-11(6-8-12)13(15)9-3-4-10-13/h5-8,15H,3-4,9-10H2,1-2H3. The minimum Gasteiger partial charge on any atom is -0.385 e. The number of aliphatic hydroxyl groups is 1. The van der Waals surface area contributed by atoms with E-state index in [0.29, 0.717) is 0 Å². The van der Waals surface area contributed by atoms with Gasteiger partial charge in [-0.3, -0.25) is 0 Å². The summed E-state index contributed by atoms with van der Waals surface area (Å²) in [5, 5.41) is 10.4. The van der Waals surface area contributed by atoms with Gasteiger partial charge in [0.25, 0.3) is 0 Å². The number of anilines is 1. The lowest BCUT2D eigenvalue weighted by Gasteiger charge is -2.23. The van der Waals surface area contributed by atoms with E-state index in [1.165, 1.54) is 5.69 Å². The van der Waals surface area contributed by atoms with Crippen LogP contribution in [0.3, 0.4) is 0 Å². The van der Waals surface area contributed by atoms with Gasteiger partial charge >= 0.3 is 0 Å². The summed E-state index contributed by atoms with van der Waals surface area (Å²) < 4.78 is 0. The maximum atomic E-state index is 10.4. The SMILES string of the molecule is CN(C)c1ccc(C2(O)CCCC2)cc1. The smallest absolute Gasteiger partial charge is 0.0896 e. The third-order valence-corrected chi connectivity index (χ3v) is 3.35. The molecule has 2 heteroatoms. The predicted octanol–water partition coefficient (Wildman–Crippen LogP) is 2.51. The maximum absolute atomic E-state index is 10.4. The molecule has 82 valence electrons. The molecule has 1 N–H and O–H groups in total. The van der Waals surface area contributed by atoms with Crippen LogP contribution >= 0.6 is 0 Å². The van der Waals surface area contributed by atoms with Crippen LogP contribution in [0.25, 0.3) is 0 Å². The number of hydrogen-bond donors (Lipinski definition) is 1. The highest BCUT2D eigenvalue weighted by molar-refractivity contribution is 5.47. The fourth-order valence-electron chi connectivity index (χ4n) is 2.32. The van der Waals surface area contributed by atoms with Gasteiger partial charge in [-0.1, -0.05) is 25.0 Å². The average Bonchev–Trinajstić information content (AvgIpc) is 2.67. The molecule has 0 amide bonds. The molecular formula is C13H19NO. The first-order valence-corrected chi connectivity index (χ1v) is 5.62. The van der Waals surface area contributed by atoms with E-state index in [1.807, 2.05) is 14.1 Å². The van der Waals surface area contributed by atoms with E-state index in [2.05, 4.69) is 29.2 Å². The molecule has 1 aliphatic rings. The third kappa shape index (κ3) is 2.00. The largest absolute Gasteiger partial charge is 0.385 e. The van der Waals surface area contributed by atoms with Crippen molar-refractivity contribution < 1.29 is 5.11 Å². The second kappa shape index (κ2) is 3.86. The van der Waals surface area contributed by atoms with E-state index in [1.54, 1.807) is 0 Å². The molecule has 0 unspecified atom stereocenters. The highest BCUT2D eigenvalue weighted by atomic mass is 16.3. The van der Waals surface area contributed by atoms with E-state index in [4.69, 9.17) is 0 Å². The summed E-state index contributed by atoms with van der Waals surface area (Å²) in [6.45, 7) is 0. The Morgan fingerprint density at radius 2 is 1.60 bits per heavy atom. The molecule has 0 saturated heterocycles. The molecule has 0 bridgehead atoms. The van der Waals surface area contributed by atoms with Crippen LogP contribution in [0.2, 0.25) is 0 Å². The molecule has 0 atom stereocenters. The Labute approximate surface area is 91.5 Å². The molecule has 2 nitrogen and oxygen atoms in total. The lowest BCUT2D eigenvalue weighted by molar-refractivity contribution is 0.0445. The first-order chi connectivity index (χ1) is 7.12. The van der Waals surface area contributed by atoms with E-state index < -0.39 is 5.60 Å². The van der Waals surface area contributed by atoms with Gasteiger partial charge in [0.1, 0.15) is 0 Å². The average molecular weight is 205 g/mol. The van der Waals surface area contributed by atoms with Crippen LogP contribution in [0.5, 0.6) is 0 Å². The molecule has 1 aromatic rings. The lowest BCUT2D eigenvalue weighted by Crippen LogP contribution is -2.20. The van der Waals surface area contributed by atoms with E-state index >= 15 is 0 Å². The summed E-state index contributed by atoms with van der Waals surface area (Å²) >= 11 is 0. The summed E-state index contributed by atoms with van der Waals surface area (Å²) in [4.78, 5) is 2.07. The van der Waals surface area contributed by atoms with Gasteiger partial charge in [0.05, 0.1) is 5.60 Å².